The number of alkyl halides is 1. The lowest BCUT2D eigenvalue weighted by molar-refractivity contribution is -0.129. The van der Waals surface area contributed by atoms with Crippen molar-refractivity contribution in [2.45, 2.75) is 24.4 Å². The molecule has 1 fully saturated rings. The quantitative estimate of drug-likeness (QED) is 0.757. The summed E-state index contributed by atoms with van der Waals surface area (Å²) in [6, 6.07) is 1.93. The van der Waals surface area contributed by atoms with E-state index in [1.54, 1.807) is 25.1 Å². The lowest BCUT2D eigenvalue weighted by Crippen LogP contribution is -2.34. The normalized spacial score (nSPS) is 26.2. The summed E-state index contributed by atoms with van der Waals surface area (Å²) >= 11 is 5.82. The van der Waals surface area contributed by atoms with Gasteiger partial charge in [0.2, 0.25) is 5.91 Å². The van der Waals surface area contributed by atoms with E-state index in [9.17, 15) is 4.79 Å². The minimum atomic E-state index is -0.496. The Labute approximate surface area is 105 Å². The molecule has 6 heteroatoms. The number of hydrogen-bond acceptors (Lipinski definition) is 3. The van der Waals surface area contributed by atoms with Gasteiger partial charge in [-0.15, -0.1) is 11.6 Å². The van der Waals surface area contributed by atoms with Gasteiger partial charge in [-0.1, -0.05) is 0 Å². The summed E-state index contributed by atoms with van der Waals surface area (Å²) in [5.41, 5.74) is 0. The molecule has 17 heavy (non-hydrogen) atoms. The summed E-state index contributed by atoms with van der Waals surface area (Å²) in [5, 5.41) is 3.70. The molecule has 1 aromatic rings. The van der Waals surface area contributed by atoms with Crippen molar-refractivity contribution < 1.29 is 9.53 Å². The second-order valence-electron chi connectivity index (χ2n) is 4.19. The van der Waals surface area contributed by atoms with Crippen LogP contribution in [0.2, 0.25) is 0 Å². The molecule has 0 aliphatic carbocycles. The molecule has 2 heterocycles. The molecule has 0 saturated carbocycles. The fourth-order valence-corrected chi connectivity index (χ4v) is 2.29. The van der Waals surface area contributed by atoms with E-state index in [1.165, 1.54) is 0 Å². The average Bonchev–Trinajstić information content (AvgIpc) is 2.95. The zero-order chi connectivity index (χ0) is 12.4. The highest BCUT2D eigenvalue weighted by atomic mass is 35.5. The Morgan fingerprint density at radius 2 is 2.35 bits per heavy atom. The maximum atomic E-state index is 11.8. The van der Waals surface area contributed by atoms with Gasteiger partial charge < -0.3 is 9.64 Å². The van der Waals surface area contributed by atoms with Gasteiger partial charge in [0, 0.05) is 32.6 Å². The highest BCUT2D eigenvalue weighted by Gasteiger charge is 2.37. The number of likely N-dealkylation sites (tertiary alicyclic amines) is 1. The molecule has 0 unspecified atom stereocenters. The summed E-state index contributed by atoms with van der Waals surface area (Å²) in [6.45, 7) is 2.85. The molecule has 3 atom stereocenters. The topological polar surface area (TPSA) is 47.4 Å². The van der Waals surface area contributed by atoms with Crippen molar-refractivity contribution in [2.75, 3.05) is 20.2 Å². The minimum absolute atomic E-state index is 0.0331. The van der Waals surface area contributed by atoms with Crippen molar-refractivity contribution in [3.8, 4) is 0 Å². The van der Waals surface area contributed by atoms with Gasteiger partial charge in [0.1, 0.15) is 5.38 Å². The van der Waals surface area contributed by atoms with Crippen molar-refractivity contribution in [3.63, 3.8) is 0 Å². The van der Waals surface area contributed by atoms with Crippen LogP contribution >= 0.6 is 11.6 Å². The fraction of sp³-hybridized carbons (Fsp3) is 0.636. The van der Waals surface area contributed by atoms with Gasteiger partial charge in [0.05, 0.1) is 12.1 Å². The van der Waals surface area contributed by atoms with E-state index in [4.69, 9.17) is 16.3 Å². The first-order valence-corrected chi connectivity index (χ1v) is 6.02. The molecule has 0 spiro atoms. The van der Waals surface area contributed by atoms with E-state index in [0.717, 1.165) is 0 Å². The van der Waals surface area contributed by atoms with E-state index in [2.05, 4.69) is 5.10 Å². The second kappa shape index (κ2) is 5.06. The van der Waals surface area contributed by atoms with E-state index < -0.39 is 5.38 Å². The lowest BCUT2D eigenvalue weighted by Gasteiger charge is -2.17. The predicted molar refractivity (Wildman–Crippen MR) is 64.0 cm³/mol. The monoisotopic (exact) mass is 257 g/mol. The van der Waals surface area contributed by atoms with E-state index in [1.807, 2.05) is 16.9 Å². The fourth-order valence-electron chi connectivity index (χ4n) is 2.15. The average molecular weight is 258 g/mol. The molecule has 1 aliphatic heterocycles. The highest BCUT2D eigenvalue weighted by Crippen LogP contribution is 2.24. The van der Waals surface area contributed by atoms with Crippen LogP contribution < -0.4 is 0 Å². The number of ether oxygens (including phenoxy) is 1. The van der Waals surface area contributed by atoms with Gasteiger partial charge in [0.25, 0.3) is 0 Å². The van der Waals surface area contributed by atoms with Crippen molar-refractivity contribution >= 4 is 17.5 Å². The first-order valence-electron chi connectivity index (χ1n) is 5.58. The van der Waals surface area contributed by atoms with Gasteiger partial charge >= 0.3 is 0 Å². The number of nitrogens with zero attached hydrogens (tertiary/aromatic N) is 3. The molecule has 1 amide bonds. The Hall–Kier alpha value is -1.07. The SMILES string of the molecule is CO[C@@H]1CN(C(=O)[C@H](C)Cl)C[C@H]1n1cccn1. The van der Waals surface area contributed by atoms with Gasteiger partial charge in [-0.05, 0) is 13.0 Å². The van der Waals surface area contributed by atoms with Gasteiger partial charge in [0.15, 0.2) is 0 Å². The van der Waals surface area contributed by atoms with Crippen molar-refractivity contribution in [3.05, 3.63) is 18.5 Å². The number of rotatable bonds is 3. The van der Waals surface area contributed by atoms with Gasteiger partial charge in [-0.25, -0.2) is 0 Å². The van der Waals surface area contributed by atoms with Crippen LogP contribution in [0.3, 0.4) is 0 Å². The summed E-state index contributed by atoms with van der Waals surface area (Å²) in [7, 11) is 1.65. The largest absolute Gasteiger partial charge is 0.377 e. The van der Waals surface area contributed by atoms with Crippen molar-refractivity contribution in [1.82, 2.24) is 14.7 Å². The first kappa shape index (κ1) is 12.4. The molecule has 1 aromatic heterocycles. The molecule has 5 nitrogen and oxygen atoms in total. The van der Waals surface area contributed by atoms with Crippen molar-refractivity contribution in [1.29, 1.82) is 0 Å². The molecule has 0 radical (unpaired) electrons. The summed E-state index contributed by atoms with van der Waals surface area (Å²) in [5.74, 6) is -0.0524. The predicted octanol–water partition coefficient (Wildman–Crippen LogP) is 0.909. The van der Waals surface area contributed by atoms with Crippen LogP contribution in [0, 0.1) is 0 Å². The molecule has 2 rings (SSSR count). The van der Waals surface area contributed by atoms with Crippen LogP contribution in [0.25, 0.3) is 0 Å². The summed E-state index contributed by atoms with van der Waals surface area (Å²) in [4.78, 5) is 13.6. The molecule has 1 saturated heterocycles. The highest BCUT2D eigenvalue weighted by molar-refractivity contribution is 6.30. The molecular weight excluding hydrogens is 242 g/mol. The molecule has 1 aliphatic rings. The molecule has 94 valence electrons. The Bertz CT molecular complexity index is 380. The zero-order valence-electron chi connectivity index (χ0n) is 9.91. The summed E-state index contributed by atoms with van der Waals surface area (Å²) in [6.07, 6.45) is 3.57. The van der Waals surface area contributed by atoms with Crippen LogP contribution in [-0.4, -0.2) is 52.3 Å². The number of carbonyl (C=O) groups excluding carboxylic acids is 1. The van der Waals surface area contributed by atoms with Crippen molar-refractivity contribution in [2.24, 2.45) is 0 Å². The Morgan fingerprint density at radius 1 is 1.59 bits per heavy atom. The minimum Gasteiger partial charge on any atom is -0.377 e. The van der Waals surface area contributed by atoms with Gasteiger partial charge in [-0.2, -0.15) is 5.10 Å². The smallest absolute Gasteiger partial charge is 0.240 e. The third-order valence-corrected chi connectivity index (χ3v) is 3.24. The van der Waals surface area contributed by atoms with E-state index >= 15 is 0 Å². The second-order valence-corrected chi connectivity index (χ2v) is 4.84. The standard InChI is InChI=1S/C11H16ClN3O2/c1-8(12)11(16)14-6-9(10(7-14)17-2)15-5-3-4-13-15/h3-5,8-10H,6-7H2,1-2H3/t8-,9+,10+/m0/s1. The van der Waals surface area contributed by atoms with Gasteiger partial charge in [-0.3, -0.25) is 9.48 Å². The number of amides is 1. The lowest BCUT2D eigenvalue weighted by atomic mass is 10.2. The number of carbonyl (C=O) groups is 1. The number of methoxy groups -OCH3 is 1. The summed E-state index contributed by atoms with van der Waals surface area (Å²) < 4.78 is 7.24. The third kappa shape index (κ3) is 2.45. The van der Waals surface area contributed by atoms with E-state index in [0.29, 0.717) is 13.1 Å². The Morgan fingerprint density at radius 3 is 2.88 bits per heavy atom. The van der Waals surface area contributed by atoms with Crippen LogP contribution in [0.1, 0.15) is 13.0 Å². The molecule has 0 aromatic carbocycles. The Kier molecular flexibility index (Phi) is 3.69. The molecule has 0 N–H and O–H groups in total. The number of halogens is 1. The zero-order valence-corrected chi connectivity index (χ0v) is 10.7. The maximum Gasteiger partial charge on any atom is 0.240 e. The van der Waals surface area contributed by atoms with Crippen LogP contribution in [0.5, 0.6) is 0 Å². The van der Waals surface area contributed by atoms with E-state index in [-0.39, 0.29) is 18.1 Å². The Balaban J connectivity index is 2.11. The van der Waals surface area contributed by atoms with Crippen LogP contribution in [-0.2, 0) is 9.53 Å². The molecule has 0 bridgehead atoms. The maximum absolute atomic E-state index is 11.8. The van der Waals surface area contributed by atoms with Crippen LogP contribution in [0.15, 0.2) is 18.5 Å². The van der Waals surface area contributed by atoms with Crippen LogP contribution in [0.4, 0.5) is 0 Å². The number of aromatic nitrogens is 2. The molecular formula is C11H16ClN3O2. The third-order valence-electron chi connectivity index (χ3n) is 3.06. The first-order chi connectivity index (χ1) is 8.13. The number of hydrogen-bond donors (Lipinski definition) is 0.